The smallest absolute Gasteiger partial charge is 0.261 e. The fraction of sp³-hybridized carbons (Fsp3) is 0.389. The largest absolute Gasteiger partial charge is 0.340 e. The molecule has 2 aliphatic rings. The first kappa shape index (κ1) is 18.8. The van der Waals surface area contributed by atoms with Gasteiger partial charge in [0.25, 0.3) is 0 Å². The topological polar surface area (TPSA) is 12.4 Å². The van der Waals surface area contributed by atoms with Gasteiger partial charge in [-0.3, -0.25) is 4.99 Å². The molecule has 1 heterocycles. The van der Waals surface area contributed by atoms with Crippen molar-refractivity contribution >= 4 is 18.3 Å². The normalized spacial score (nSPS) is 19.1. The van der Waals surface area contributed by atoms with Crippen LogP contribution in [0, 0.1) is 0 Å². The van der Waals surface area contributed by atoms with Crippen LogP contribution in [0.1, 0.15) is 32.6 Å². The van der Waals surface area contributed by atoms with E-state index in [0.29, 0.717) is 6.42 Å². The van der Waals surface area contributed by atoms with Crippen LogP contribution in [0.25, 0.3) is 0 Å². The summed E-state index contributed by atoms with van der Waals surface area (Å²) in [5, 5.41) is 0. The van der Waals surface area contributed by atoms with Gasteiger partial charge in [-0.1, -0.05) is 25.3 Å². The molecule has 0 radical (unpaired) electrons. The first-order valence-electron chi connectivity index (χ1n) is 7.53. The quantitative estimate of drug-likeness (QED) is 0.350. The van der Waals surface area contributed by atoms with Gasteiger partial charge in [-0.05, 0) is 54.2 Å². The van der Waals surface area contributed by atoms with Crippen LogP contribution in [0.5, 0.6) is 0 Å². The Labute approximate surface area is 144 Å². The summed E-state index contributed by atoms with van der Waals surface area (Å²) in [6.45, 7) is 7.01. The Balaban J connectivity index is 2.23. The zero-order valence-electron chi connectivity index (χ0n) is 13.4. The number of allylic oxidation sites excluding steroid dienone is 7. The van der Waals surface area contributed by atoms with E-state index in [1.54, 1.807) is 0 Å². The highest BCUT2D eigenvalue weighted by Crippen LogP contribution is 2.45. The van der Waals surface area contributed by atoms with Crippen molar-refractivity contribution in [2.24, 2.45) is 4.99 Å². The molecule has 0 saturated carbocycles. The lowest BCUT2D eigenvalue weighted by molar-refractivity contribution is -0.157. The number of nitrogens with zero attached hydrogens (tertiary/aromatic N) is 1. The van der Waals surface area contributed by atoms with E-state index in [1.165, 1.54) is 6.20 Å². The Morgan fingerprint density at radius 3 is 2.08 bits per heavy atom. The number of rotatable bonds is 5. The maximum absolute atomic E-state index is 14.1. The summed E-state index contributed by atoms with van der Waals surface area (Å²) in [4.78, 5) is 4.96. The van der Waals surface area contributed by atoms with Crippen molar-refractivity contribution in [3.8, 4) is 0 Å². The molecular weight excluding hydrogens is 338 g/mol. The minimum Gasteiger partial charge on any atom is -0.261 e. The summed E-state index contributed by atoms with van der Waals surface area (Å²) in [5.41, 5.74) is 0.0642. The molecule has 0 bridgehead atoms. The van der Waals surface area contributed by atoms with E-state index < -0.39 is 23.0 Å². The predicted octanol–water partition coefficient (Wildman–Crippen LogP) is 6.04. The third-order valence-electron chi connectivity index (χ3n) is 4.20. The molecule has 0 aromatic heterocycles. The molecule has 1 aliphatic carbocycles. The Bertz CT molecular complexity index is 696. The van der Waals surface area contributed by atoms with Crippen molar-refractivity contribution in [1.29, 1.82) is 0 Å². The number of halogens is 4. The van der Waals surface area contributed by atoms with Crippen molar-refractivity contribution in [2.45, 2.75) is 44.5 Å². The number of hydrogen-bond acceptors (Lipinski definition) is 2. The van der Waals surface area contributed by atoms with Gasteiger partial charge in [0.2, 0.25) is 0 Å². The van der Waals surface area contributed by atoms with Crippen LogP contribution in [0.2, 0.25) is 0 Å². The first-order valence-corrected chi connectivity index (χ1v) is 7.98. The molecule has 0 unspecified atom stereocenters. The van der Waals surface area contributed by atoms with E-state index in [9.17, 15) is 17.6 Å². The van der Waals surface area contributed by atoms with Crippen LogP contribution in [0.3, 0.4) is 0 Å². The lowest BCUT2D eigenvalue weighted by Gasteiger charge is -2.30. The van der Waals surface area contributed by atoms with Crippen LogP contribution < -0.4 is 0 Å². The van der Waals surface area contributed by atoms with Crippen molar-refractivity contribution in [1.82, 2.24) is 0 Å². The molecule has 2 rings (SSSR count). The van der Waals surface area contributed by atoms with Gasteiger partial charge in [-0.15, -0.1) is 12.6 Å². The van der Waals surface area contributed by atoms with Crippen LogP contribution in [-0.2, 0) is 0 Å². The molecule has 0 amide bonds. The van der Waals surface area contributed by atoms with Crippen LogP contribution in [-0.4, -0.2) is 17.6 Å². The Morgan fingerprint density at radius 2 is 1.62 bits per heavy atom. The van der Waals surface area contributed by atoms with Crippen molar-refractivity contribution in [3.05, 3.63) is 58.7 Å². The number of alkyl halides is 4. The first-order chi connectivity index (χ1) is 11.1. The van der Waals surface area contributed by atoms with E-state index in [1.807, 2.05) is 12.2 Å². The third-order valence-corrected chi connectivity index (χ3v) is 4.58. The van der Waals surface area contributed by atoms with E-state index >= 15 is 0 Å². The van der Waals surface area contributed by atoms with E-state index in [-0.39, 0.29) is 12.1 Å². The summed E-state index contributed by atoms with van der Waals surface area (Å²) in [7, 11) is 0. The second-order valence-electron chi connectivity index (χ2n) is 5.99. The van der Waals surface area contributed by atoms with Crippen molar-refractivity contribution < 1.29 is 17.6 Å². The lowest BCUT2D eigenvalue weighted by Crippen LogP contribution is -2.44. The average molecular weight is 357 g/mol. The van der Waals surface area contributed by atoms with Gasteiger partial charge in [0.1, 0.15) is 0 Å². The monoisotopic (exact) mass is 357 g/mol. The van der Waals surface area contributed by atoms with Gasteiger partial charge in [-0.2, -0.15) is 17.6 Å². The number of thiol groups is 1. The molecule has 0 spiro atoms. The minimum atomic E-state index is -4.41. The van der Waals surface area contributed by atoms with Crippen molar-refractivity contribution in [3.63, 3.8) is 0 Å². The van der Waals surface area contributed by atoms with Gasteiger partial charge in [0.15, 0.2) is 0 Å². The fourth-order valence-electron chi connectivity index (χ4n) is 2.54. The average Bonchev–Trinajstić information content (AvgIpc) is 2.54. The standard InChI is InChI=1S/C18H19F4NS/c1-11(2)17(19,20)18(21,22)12(3)16-9-6-14(10-23-16)13-4-7-15(24)8-5-13/h4,7,10,24H,1,3,5-6,8-9H2,2H3. The molecule has 1 nitrogen and oxygen atoms in total. The second kappa shape index (κ2) is 6.75. The zero-order chi connectivity index (χ0) is 18.1. The van der Waals surface area contributed by atoms with Gasteiger partial charge >= 0.3 is 11.8 Å². The highest BCUT2D eigenvalue weighted by Gasteiger charge is 2.59. The van der Waals surface area contributed by atoms with Crippen molar-refractivity contribution in [2.75, 3.05) is 0 Å². The van der Waals surface area contributed by atoms with Crippen LogP contribution in [0.15, 0.2) is 63.7 Å². The van der Waals surface area contributed by atoms with E-state index in [4.69, 9.17) is 0 Å². The molecule has 0 atom stereocenters. The zero-order valence-corrected chi connectivity index (χ0v) is 14.3. The molecule has 0 aromatic rings. The Morgan fingerprint density at radius 1 is 1.00 bits per heavy atom. The molecule has 0 aromatic carbocycles. The lowest BCUT2D eigenvalue weighted by atomic mass is 9.88. The molecule has 6 heteroatoms. The number of aliphatic imine (C=N–C) groups is 1. The van der Waals surface area contributed by atoms with E-state index in [2.05, 4.69) is 30.8 Å². The minimum absolute atomic E-state index is 0.0912. The van der Waals surface area contributed by atoms with Gasteiger partial charge in [-0.25, -0.2) is 0 Å². The van der Waals surface area contributed by atoms with Gasteiger partial charge in [0, 0.05) is 17.5 Å². The highest BCUT2D eigenvalue weighted by atomic mass is 32.1. The summed E-state index contributed by atoms with van der Waals surface area (Å²) in [6, 6.07) is 0. The van der Waals surface area contributed by atoms with E-state index in [0.717, 1.165) is 35.8 Å². The molecular formula is C18H19F4NS. The Kier molecular flexibility index (Phi) is 5.28. The molecule has 0 fully saturated rings. The van der Waals surface area contributed by atoms with Gasteiger partial charge < -0.3 is 0 Å². The number of hydrogen-bond donors (Lipinski definition) is 1. The maximum atomic E-state index is 14.1. The van der Waals surface area contributed by atoms with Crippen LogP contribution >= 0.6 is 12.6 Å². The molecule has 0 saturated heterocycles. The summed E-state index contributed by atoms with van der Waals surface area (Å²) in [6.07, 6.45) is 7.53. The summed E-state index contributed by atoms with van der Waals surface area (Å²) >= 11 is 4.28. The summed E-state index contributed by atoms with van der Waals surface area (Å²) in [5.74, 6) is -8.76. The third kappa shape index (κ3) is 3.43. The molecule has 0 N–H and O–H groups in total. The maximum Gasteiger partial charge on any atom is 0.340 e. The molecule has 130 valence electrons. The fourth-order valence-corrected chi connectivity index (χ4v) is 2.73. The Hall–Kier alpha value is -1.56. The summed E-state index contributed by atoms with van der Waals surface area (Å²) < 4.78 is 55.6. The van der Waals surface area contributed by atoms with Crippen LogP contribution in [0.4, 0.5) is 17.6 Å². The second-order valence-corrected chi connectivity index (χ2v) is 6.56. The predicted molar refractivity (Wildman–Crippen MR) is 93.0 cm³/mol. The van der Waals surface area contributed by atoms with Gasteiger partial charge in [0.05, 0.1) is 0 Å². The highest BCUT2D eigenvalue weighted by molar-refractivity contribution is 7.84. The molecule has 1 aliphatic heterocycles. The SMILES string of the molecule is C=C(C)C(F)(F)C(F)(F)C(=C)C1=NC=C(C2=CC=C(S)CC2)CC1. The molecule has 24 heavy (non-hydrogen) atoms.